The van der Waals surface area contributed by atoms with Crippen molar-refractivity contribution in [1.29, 1.82) is 0 Å². The van der Waals surface area contributed by atoms with Crippen molar-refractivity contribution in [2.24, 2.45) is 5.84 Å². The Morgan fingerprint density at radius 1 is 1.35 bits per heavy atom. The maximum atomic E-state index is 12.3. The zero-order valence-corrected chi connectivity index (χ0v) is 11.0. The van der Waals surface area contributed by atoms with Crippen LogP contribution in [-0.4, -0.2) is 44.5 Å². The van der Waals surface area contributed by atoms with Crippen molar-refractivity contribution in [1.82, 2.24) is 19.1 Å². The lowest BCUT2D eigenvalue weighted by Gasteiger charge is -2.06. The van der Waals surface area contributed by atoms with Gasteiger partial charge in [0.2, 0.25) is 5.95 Å². The van der Waals surface area contributed by atoms with Crippen LogP contribution >= 0.6 is 0 Å². The molecule has 2 rings (SSSR count). The average Bonchev–Trinajstić information content (AvgIpc) is 2.69. The Labute approximate surface area is 113 Å². The third kappa shape index (κ3) is 2.31. The van der Waals surface area contributed by atoms with Crippen LogP contribution in [0.2, 0.25) is 0 Å². The fourth-order valence-corrected chi connectivity index (χ4v) is 2.02. The van der Waals surface area contributed by atoms with Gasteiger partial charge in [0.05, 0.1) is 26.3 Å². The van der Waals surface area contributed by atoms with Crippen LogP contribution in [0.5, 0.6) is 0 Å². The predicted octanol–water partition coefficient (Wildman–Crippen LogP) is -1.90. The van der Waals surface area contributed by atoms with E-state index in [4.69, 9.17) is 21.4 Å². The molecule has 0 atom stereocenters. The summed E-state index contributed by atoms with van der Waals surface area (Å²) in [5.41, 5.74) is 8.41. The molecule has 0 aliphatic heterocycles. The van der Waals surface area contributed by atoms with Crippen molar-refractivity contribution in [3.05, 3.63) is 10.5 Å². The number of nitrogens with one attached hydrogen (secondary N) is 1. The third-order valence-corrected chi connectivity index (χ3v) is 2.85. The molecular formula is C10H17N7O3. The standard InChI is InChI=1S/C10H17N7O3/c1-20-5-3-16-6-7(15-12)13-9(11)14-8(6)17(2-4-18)10(16)19/h18H,2-5,12H2,1H3,(H3,11,13,14,15). The van der Waals surface area contributed by atoms with Gasteiger partial charge in [-0.2, -0.15) is 9.97 Å². The second-order valence-corrected chi connectivity index (χ2v) is 4.05. The van der Waals surface area contributed by atoms with Gasteiger partial charge in [0.1, 0.15) is 5.52 Å². The number of methoxy groups -OCH3 is 1. The van der Waals surface area contributed by atoms with Crippen LogP contribution in [0.4, 0.5) is 11.8 Å². The van der Waals surface area contributed by atoms with Gasteiger partial charge >= 0.3 is 5.69 Å². The van der Waals surface area contributed by atoms with Crippen LogP contribution < -0.4 is 22.7 Å². The van der Waals surface area contributed by atoms with Gasteiger partial charge in [-0.3, -0.25) is 9.13 Å². The summed E-state index contributed by atoms with van der Waals surface area (Å²) in [6.07, 6.45) is 0. The van der Waals surface area contributed by atoms with Crippen LogP contribution in [0.3, 0.4) is 0 Å². The second-order valence-electron chi connectivity index (χ2n) is 4.05. The minimum Gasteiger partial charge on any atom is -0.395 e. The molecule has 2 heterocycles. The smallest absolute Gasteiger partial charge is 0.330 e. The summed E-state index contributed by atoms with van der Waals surface area (Å²) in [4.78, 5) is 20.4. The van der Waals surface area contributed by atoms with Gasteiger partial charge in [0.25, 0.3) is 0 Å². The quantitative estimate of drug-likeness (QED) is 0.355. The van der Waals surface area contributed by atoms with E-state index in [0.717, 1.165) is 0 Å². The van der Waals surface area contributed by atoms with E-state index in [-0.39, 0.29) is 30.6 Å². The Kier molecular flexibility index (Phi) is 4.17. The van der Waals surface area contributed by atoms with E-state index in [1.54, 1.807) is 0 Å². The molecule has 0 saturated carbocycles. The number of aromatic nitrogens is 4. The molecule has 0 unspecified atom stereocenters. The topological polar surface area (TPSA) is 146 Å². The number of aliphatic hydroxyl groups excluding tert-OH is 1. The first-order chi connectivity index (χ1) is 9.63. The molecule has 0 aliphatic rings. The molecule has 2 aromatic heterocycles. The Hall–Kier alpha value is -2.17. The minimum atomic E-state index is -0.331. The van der Waals surface area contributed by atoms with E-state index in [1.807, 2.05) is 0 Å². The van der Waals surface area contributed by atoms with Gasteiger partial charge in [-0.15, -0.1) is 0 Å². The minimum absolute atomic E-state index is 0.0129. The number of hydrogen-bond donors (Lipinski definition) is 4. The molecule has 0 radical (unpaired) electrons. The number of nitrogens with two attached hydrogens (primary N) is 2. The van der Waals surface area contributed by atoms with Crippen LogP contribution in [0.1, 0.15) is 0 Å². The van der Waals surface area contributed by atoms with Gasteiger partial charge in [-0.1, -0.05) is 0 Å². The molecule has 0 fully saturated rings. The summed E-state index contributed by atoms with van der Waals surface area (Å²) in [5, 5.41) is 9.08. The molecule has 2 aromatic rings. The number of imidazole rings is 1. The maximum absolute atomic E-state index is 12.3. The highest BCUT2D eigenvalue weighted by Crippen LogP contribution is 2.19. The van der Waals surface area contributed by atoms with Crippen molar-refractivity contribution in [3.63, 3.8) is 0 Å². The van der Waals surface area contributed by atoms with Crippen molar-refractivity contribution in [2.75, 3.05) is 31.5 Å². The lowest BCUT2D eigenvalue weighted by atomic mass is 10.4. The molecular weight excluding hydrogens is 266 g/mol. The molecule has 20 heavy (non-hydrogen) atoms. The molecule has 0 amide bonds. The van der Waals surface area contributed by atoms with Crippen LogP contribution in [0.25, 0.3) is 11.2 Å². The van der Waals surface area contributed by atoms with E-state index in [9.17, 15) is 4.79 Å². The van der Waals surface area contributed by atoms with Crippen molar-refractivity contribution in [3.8, 4) is 0 Å². The largest absolute Gasteiger partial charge is 0.395 e. The highest BCUT2D eigenvalue weighted by atomic mass is 16.5. The van der Waals surface area contributed by atoms with Gasteiger partial charge < -0.3 is 21.0 Å². The predicted molar refractivity (Wildman–Crippen MR) is 73.0 cm³/mol. The molecule has 10 nitrogen and oxygen atoms in total. The number of hydrazine groups is 1. The monoisotopic (exact) mass is 283 g/mol. The second kappa shape index (κ2) is 5.86. The molecule has 0 spiro atoms. The Bertz CT molecular complexity index is 663. The fourth-order valence-electron chi connectivity index (χ4n) is 2.02. The molecule has 10 heteroatoms. The van der Waals surface area contributed by atoms with E-state index in [2.05, 4.69) is 15.4 Å². The average molecular weight is 283 g/mol. The van der Waals surface area contributed by atoms with E-state index < -0.39 is 0 Å². The first kappa shape index (κ1) is 14.2. The number of fused-ring (bicyclic) bond motifs is 1. The summed E-state index contributed by atoms with van der Waals surface area (Å²) in [6, 6.07) is 0. The lowest BCUT2D eigenvalue weighted by molar-refractivity contribution is 0.187. The first-order valence-corrected chi connectivity index (χ1v) is 5.97. The van der Waals surface area contributed by atoms with Crippen molar-refractivity contribution in [2.45, 2.75) is 13.1 Å². The van der Waals surface area contributed by atoms with E-state index in [0.29, 0.717) is 24.3 Å². The summed E-state index contributed by atoms with van der Waals surface area (Å²) in [6.45, 7) is 0.563. The van der Waals surface area contributed by atoms with Gasteiger partial charge in [-0.05, 0) is 0 Å². The third-order valence-electron chi connectivity index (χ3n) is 2.85. The first-order valence-electron chi connectivity index (χ1n) is 5.97. The number of aliphatic hydroxyl groups is 1. The van der Waals surface area contributed by atoms with Crippen molar-refractivity contribution < 1.29 is 9.84 Å². The lowest BCUT2D eigenvalue weighted by Crippen LogP contribution is -2.27. The normalized spacial score (nSPS) is 11.2. The molecule has 0 bridgehead atoms. The Morgan fingerprint density at radius 3 is 2.70 bits per heavy atom. The van der Waals surface area contributed by atoms with E-state index >= 15 is 0 Å². The number of hydrogen-bond acceptors (Lipinski definition) is 8. The number of anilines is 2. The van der Waals surface area contributed by atoms with Crippen molar-refractivity contribution >= 4 is 22.9 Å². The van der Waals surface area contributed by atoms with Crippen LogP contribution in [0, 0.1) is 0 Å². The SMILES string of the molecule is COCCn1c(=O)n(CCO)c2nc(N)nc(NN)c21. The number of ether oxygens (including phenoxy) is 1. The summed E-state index contributed by atoms with van der Waals surface area (Å²) in [5.74, 6) is 5.65. The highest BCUT2D eigenvalue weighted by molar-refractivity contribution is 5.84. The molecule has 0 aromatic carbocycles. The van der Waals surface area contributed by atoms with Crippen LogP contribution in [0.15, 0.2) is 4.79 Å². The summed E-state index contributed by atoms with van der Waals surface area (Å²) < 4.78 is 7.74. The number of nitrogen functional groups attached to an aromatic ring is 2. The summed E-state index contributed by atoms with van der Waals surface area (Å²) >= 11 is 0. The molecule has 0 saturated heterocycles. The summed E-state index contributed by atoms with van der Waals surface area (Å²) in [7, 11) is 1.54. The Balaban J connectivity index is 2.75. The van der Waals surface area contributed by atoms with E-state index in [1.165, 1.54) is 16.2 Å². The molecule has 6 N–H and O–H groups in total. The maximum Gasteiger partial charge on any atom is 0.330 e. The Morgan fingerprint density at radius 2 is 2.10 bits per heavy atom. The van der Waals surface area contributed by atoms with Gasteiger partial charge in [0, 0.05) is 7.11 Å². The van der Waals surface area contributed by atoms with Gasteiger partial charge in [0.15, 0.2) is 11.5 Å². The fraction of sp³-hybridized carbons (Fsp3) is 0.500. The van der Waals surface area contributed by atoms with Crippen LogP contribution in [-0.2, 0) is 17.8 Å². The zero-order valence-electron chi connectivity index (χ0n) is 11.0. The van der Waals surface area contributed by atoms with Gasteiger partial charge in [-0.25, -0.2) is 10.6 Å². The highest BCUT2D eigenvalue weighted by Gasteiger charge is 2.19. The number of nitrogens with zero attached hydrogens (tertiary/aromatic N) is 4. The molecule has 110 valence electrons. The zero-order chi connectivity index (χ0) is 14.7. The number of rotatable bonds is 6. The molecule has 0 aliphatic carbocycles.